The maximum absolute atomic E-state index is 5.80. The van der Waals surface area contributed by atoms with Crippen LogP contribution in [0.5, 0.6) is 0 Å². The maximum atomic E-state index is 5.80. The largest absolute Gasteiger partial charge is 0.423 e. The number of aryl methyl sites for hydroxylation is 1. The van der Waals surface area contributed by atoms with Crippen molar-refractivity contribution in [2.75, 3.05) is 11.1 Å². The van der Waals surface area contributed by atoms with Crippen molar-refractivity contribution < 1.29 is 8.94 Å². The third-order valence-electron chi connectivity index (χ3n) is 2.54. The van der Waals surface area contributed by atoms with Gasteiger partial charge in [0.2, 0.25) is 0 Å². The molecule has 0 amide bonds. The standard InChI is InChI=1S/C12H12N4O2/c1-7-5-8(18-16-7)6-14-12-15-11-9(13)3-2-4-10(11)17-12/h2-5H,6,13H2,1H3,(H,14,15). The number of hydrogen-bond donors (Lipinski definition) is 2. The van der Waals surface area contributed by atoms with Crippen LogP contribution in [0, 0.1) is 6.92 Å². The number of oxazole rings is 1. The van der Waals surface area contributed by atoms with E-state index in [1.807, 2.05) is 25.1 Å². The molecule has 1 aromatic carbocycles. The van der Waals surface area contributed by atoms with Crippen LogP contribution in [-0.4, -0.2) is 10.1 Å². The van der Waals surface area contributed by atoms with Gasteiger partial charge in [0, 0.05) is 6.07 Å². The first-order valence-corrected chi connectivity index (χ1v) is 5.53. The van der Waals surface area contributed by atoms with Crippen molar-refractivity contribution in [2.24, 2.45) is 0 Å². The van der Waals surface area contributed by atoms with Gasteiger partial charge in [-0.1, -0.05) is 11.2 Å². The number of benzene rings is 1. The Balaban J connectivity index is 1.81. The zero-order valence-electron chi connectivity index (χ0n) is 9.80. The average Bonchev–Trinajstić information content (AvgIpc) is 2.93. The van der Waals surface area contributed by atoms with E-state index in [4.69, 9.17) is 14.7 Å². The fraction of sp³-hybridized carbons (Fsp3) is 0.167. The lowest BCUT2D eigenvalue weighted by Crippen LogP contribution is -1.98. The molecule has 3 aromatic rings. The quantitative estimate of drug-likeness (QED) is 0.687. The first-order chi connectivity index (χ1) is 8.72. The van der Waals surface area contributed by atoms with E-state index in [2.05, 4.69) is 15.5 Å². The van der Waals surface area contributed by atoms with Crippen LogP contribution in [0.15, 0.2) is 33.2 Å². The zero-order chi connectivity index (χ0) is 12.5. The molecule has 92 valence electrons. The normalized spacial score (nSPS) is 10.9. The van der Waals surface area contributed by atoms with E-state index in [1.165, 1.54) is 0 Å². The van der Waals surface area contributed by atoms with Gasteiger partial charge < -0.3 is 20.0 Å². The summed E-state index contributed by atoms with van der Waals surface area (Å²) < 4.78 is 10.6. The van der Waals surface area contributed by atoms with Gasteiger partial charge in [0.25, 0.3) is 6.01 Å². The molecule has 2 heterocycles. The number of fused-ring (bicyclic) bond motifs is 1. The van der Waals surface area contributed by atoms with Gasteiger partial charge in [-0.05, 0) is 19.1 Å². The Kier molecular flexibility index (Phi) is 2.40. The molecular weight excluding hydrogens is 232 g/mol. The topological polar surface area (TPSA) is 90.1 Å². The predicted octanol–water partition coefficient (Wildman–Crippen LogP) is 2.32. The van der Waals surface area contributed by atoms with Gasteiger partial charge in [0.05, 0.1) is 17.9 Å². The summed E-state index contributed by atoms with van der Waals surface area (Å²) >= 11 is 0. The Labute approximate surface area is 103 Å². The highest BCUT2D eigenvalue weighted by molar-refractivity contribution is 5.86. The van der Waals surface area contributed by atoms with Crippen LogP contribution in [0.25, 0.3) is 11.1 Å². The van der Waals surface area contributed by atoms with E-state index in [-0.39, 0.29) is 0 Å². The maximum Gasteiger partial charge on any atom is 0.296 e. The molecule has 0 spiro atoms. The fourth-order valence-electron chi connectivity index (χ4n) is 1.71. The molecule has 3 rings (SSSR count). The molecule has 0 saturated heterocycles. The Morgan fingerprint density at radius 1 is 1.39 bits per heavy atom. The summed E-state index contributed by atoms with van der Waals surface area (Å²) in [5.74, 6) is 0.725. The number of nitrogens with two attached hydrogens (primary N) is 1. The highest BCUT2D eigenvalue weighted by atomic mass is 16.5. The summed E-state index contributed by atoms with van der Waals surface area (Å²) in [4.78, 5) is 4.27. The number of nitrogens with zero attached hydrogens (tertiary/aromatic N) is 2. The summed E-state index contributed by atoms with van der Waals surface area (Å²) in [7, 11) is 0. The number of para-hydroxylation sites is 1. The third-order valence-corrected chi connectivity index (χ3v) is 2.54. The molecule has 6 heteroatoms. The molecule has 18 heavy (non-hydrogen) atoms. The number of nitrogen functional groups attached to an aromatic ring is 1. The lowest BCUT2D eigenvalue weighted by molar-refractivity contribution is 0.383. The van der Waals surface area contributed by atoms with Crippen LogP contribution < -0.4 is 11.1 Å². The second-order valence-electron chi connectivity index (χ2n) is 4.00. The van der Waals surface area contributed by atoms with Gasteiger partial charge in [-0.3, -0.25) is 0 Å². The van der Waals surface area contributed by atoms with Gasteiger partial charge >= 0.3 is 0 Å². The molecular formula is C12H12N4O2. The Hall–Kier alpha value is -2.50. The molecule has 0 aliphatic rings. The summed E-state index contributed by atoms with van der Waals surface area (Å²) in [5, 5.41) is 6.82. The average molecular weight is 244 g/mol. The van der Waals surface area contributed by atoms with Crippen LogP contribution in [-0.2, 0) is 6.54 Å². The fourth-order valence-corrected chi connectivity index (χ4v) is 1.71. The molecule has 0 bridgehead atoms. The van der Waals surface area contributed by atoms with Crippen LogP contribution in [0.4, 0.5) is 11.7 Å². The first-order valence-electron chi connectivity index (χ1n) is 5.53. The Bertz CT molecular complexity index is 686. The number of rotatable bonds is 3. The van der Waals surface area contributed by atoms with Crippen molar-refractivity contribution in [1.82, 2.24) is 10.1 Å². The van der Waals surface area contributed by atoms with Crippen molar-refractivity contribution in [3.05, 3.63) is 35.7 Å². The highest BCUT2D eigenvalue weighted by Crippen LogP contribution is 2.23. The molecule has 0 aliphatic carbocycles. The van der Waals surface area contributed by atoms with Gasteiger partial charge in [-0.15, -0.1) is 0 Å². The minimum atomic E-state index is 0.414. The smallest absolute Gasteiger partial charge is 0.296 e. The number of aromatic nitrogens is 2. The van der Waals surface area contributed by atoms with Crippen LogP contribution >= 0.6 is 0 Å². The van der Waals surface area contributed by atoms with Crippen LogP contribution in [0.2, 0.25) is 0 Å². The van der Waals surface area contributed by atoms with E-state index < -0.39 is 0 Å². The summed E-state index contributed by atoms with van der Waals surface area (Å²) in [6, 6.07) is 7.70. The lowest BCUT2D eigenvalue weighted by Gasteiger charge is -1.95. The number of anilines is 2. The van der Waals surface area contributed by atoms with Gasteiger partial charge in [0.15, 0.2) is 11.3 Å². The van der Waals surface area contributed by atoms with Crippen molar-refractivity contribution in [3.8, 4) is 0 Å². The Morgan fingerprint density at radius 3 is 3.00 bits per heavy atom. The van der Waals surface area contributed by atoms with Crippen molar-refractivity contribution in [2.45, 2.75) is 13.5 Å². The molecule has 0 fully saturated rings. The molecule has 0 radical (unpaired) electrons. The second kappa shape index (κ2) is 4.06. The summed E-state index contributed by atoms with van der Waals surface area (Å²) in [6.45, 7) is 2.33. The molecule has 0 aliphatic heterocycles. The van der Waals surface area contributed by atoms with E-state index in [9.17, 15) is 0 Å². The molecule has 3 N–H and O–H groups in total. The minimum absolute atomic E-state index is 0.414. The number of nitrogens with one attached hydrogen (secondary N) is 1. The molecule has 6 nitrogen and oxygen atoms in total. The lowest BCUT2D eigenvalue weighted by atomic mass is 10.3. The van der Waals surface area contributed by atoms with Crippen molar-refractivity contribution in [1.29, 1.82) is 0 Å². The molecule has 0 unspecified atom stereocenters. The van der Waals surface area contributed by atoms with Gasteiger partial charge in [-0.2, -0.15) is 4.98 Å². The van der Waals surface area contributed by atoms with E-state index in [0.717, 1.165) is 11.5 Å². The van der Waals surface area contributed by atoms with E-state index in [1.54, 1.807) is 6.07 Å². The molecule has 0 saturated carbocycles. The highest BCUT2D eigenvalue weighted by Gasteiger charge is 2.08. The SMILES string of the molecule is Cc1cc(CNc2nc3c(N)cccc3o2)on1. The summed E-state index contributed by atoms with van der Waals surface area (Å²) in [5.41, 5.74) is 8.56. The van der Waals surface area contributed by atoms with E-state index >= 15 is 0 Å². The Morgan fingerprint density at radius 2 is 2.28 bits per heavy atom. The first kappa shape index (κ1) is 10.6. The molecule has 0 atom stereocenters. The minimum Gasteiger partial charge on any atom is -0.423 e. The van der Waals surface area contributed by atoms with E-state index in [0.29, 0.717) is 29.3 Å². The third kappa shape index (κ3) is 1.88. The van der Waals surface area contributed by atoms with Crippen LogP contribution in [0.3, 0.4) is 0 Å². The predicted molar refractivity (Wildman–Crippen MR) is 67.0 cm³/mol. The zero-order valence-corrected chi connectivity index (χ0v) is 9.80. The van der Waals surface area contributed by atoms with Gasteiger partial charge in [-0.25, -0.2) is 0 Å². The van der Waals surface area contributed by atoms with Crippen LogP contribution in [0.1, 0.15) is 11.5 Å². The van der Waals surface area contributed by atoms with Gasteiger partial charge in [0.1, 0.15) is 5.52 Å². The summed E-state index contributed by atoms with van der Waals surface area (Å²) in [6.07, 6.45) is 0. The van der Waals surface area contributed by atoms with Crippen molar-refractivity contribution >= 4 is 22.8 Å². The number of hydrogen-bond acceptors (Lipinski definition) is 6. The second-order valence-corrected chi connectivity index (χ2v) is 4.00. The molecule has 2 aromatic heterocycles. The van der Waals surface area contributed by atoms with Crippen molar-refractivity contribution in [3.63, 3.8) is 0 Å². The monoisotopic (exact) mass is 244 g/mol.